The van der Waals surface area contributed by atoms with Crippen LogP contribution >= 0.6 is 0 Å². The normalized spacial score (nSPS) is 12.9. The summed E-state index contributed by atoms with van der Waals surface area (Å²) >= 11 is 0. The van der Waals surface area contributed by atoms with Gasteiger partial charge in [0.15, 0.2) is 0 Å². The molecule has 1 unspecified atom stereocenters. The van der Waals surface area contributed by atoms with Gasteiger partial charge in [-0.15, -0.1) is 0 Å². The van der Waals surface area contributed by atoms with Gasteiger partial charge >= 0.3 is 0 Å². The van der Waals surface area contributed by atoms with Crippen LogP contribution in [0.1, 0.15) is 43.4 Å². The number of ether oxygens (including phenoxy) is 1. The molecule has 2 aromatic carbocycles. The first kappa shape index (κ1) is 17.5. The van der Waals surface area contributed by atoms with E-state index in [2.05, 4.69) is 18.3 Å². The summed E-state index contributed by atoms with van der Waals surface area (Å²) in [4.78, 5) is 0. The second-order valence-electron chi connectivity index (χ2n) is 6.44. The van der Waals surface area contributed by atoms with Gasteiger partial charge in [-0.2, -0.15) is 0 Å². The molecule has 0 aliphatic rings. The summed E-state index contributed by atoms with van der Waals surface area (Å²) in [7, 11) is 1.69. The van der Waals surface area contributed by atoms with E-state index >= 15 is 0 Å². The number of rotatable bonds is 7. The number of nitrogens with one attached hydrogen (secondary N) is 1. The third kappa shape index (κ3) is 4.80. The Hall–Kier alpha value is -1.87. The van der Waals surface area contributed by atoms with Gasteiger partial charge in [-0.1, -0.05) is 49.4 Å². The topological polar surface area (TPSA) is 21.3 Å². The molecule has 0 spiro atoms. The van der Waals surface area contributed by atoms with E-state index in [0.717, 1.165) is 30.0 Å². The van der Waals surface area contributed by atoms with E-state index in [0.29, 0.717) is 5.92 Å². The molecule has 0 aromatic heterocycles. The summed E-state index contributed by atoms with van der Waals surface area (Å²) in [5.74, 6) is 1.27. The molecule has 0 amide bonds. The summed E-state index contributed by atoms with van der Waals surface area (Å²) in [5.41, 5.74) is 1.79. The quantitative estimate of drug-likeness (QED) is 0.793. The Balaban J connectivity index is 1.91. The fourth-order valence-electron chi connectivity index (χ4n) is 2.60. The molecule has 0 aliphatic carbocycles. The van der Waals surface area contributed by atoms with E-state index in [-0.39, 0.29) is 0 Å². The van der Waals surface area contributed by atoms with Crippen molar-refractivity contribution in [2.45, 2.75) is 38.9 Å². The maximum Gasteiger partial charge on any atom is 0.130 e. The van der Waals surface area contributed by atoms with Crippen molar-refractivity contribution in [3.63, 3.8) is 0 Å². The van der Waals surface area contributed by atoms with Crippen molar-refractivity contribution in [1.29, 1.82) is 0 Å². The maximum absolute atomic E-state index is 13.9. The van der Waals surface area contributed by atoms with Crippen LogP contribution in [0.15, 0.2) is 48.5 Å². The molecule has 0 aliphatic heterocycles. The molecule has 1 N–H and O–H groups in total. The van der Waals surface area contributed by atoms with Gasteiger partial charge in [0.2, 0.25) is 0 Å². The van der Waals surface area contributed by atoms with Crippen LogP contribution in [0.3, 0.4) is 0 Å². The smallest absolute Gasteiger partial charge is 0.130 e. The van der Waals surface area contributed by atoms with Crippen LogP contribution in [-0.2, 0) is 12.2 Å². The van der Waals surface area contributed by atoms with Crippen LogP contribution in [0.2, 0.25) is 0 Å². The van der Waals surface area contributed by atoms with Crippen LogP contribution in [-0.4, -0.2) is 13.7 Å². The molecular formula is C20H26FNO. The Labute approximate surface area is 138 Å². The third-order valence-electron chi connectivity index (χ3n) is 4.12. The minimum Gasteiger partial charge on any atom is -0.496 e. The summed E-state index contributed by atoms with van der Waals surface area (Å²) in [5, 5.41) is 3.47. The second kappa shape index (κ2) is 7.60. The molecule has 0 bridgehead atoms. The van der Waals surface area contributed by atoms with Crippen LogP contribution in [0.5, 0.6) is 5.75 Å². The van der Waals surface area contributed by atoms with E-state index in [1.807, 2.05) is 42.5 Å². The SMILES string of the molecule is COc1ccccc1CNCC(C)c1ccc(C(C)(C)F)cc1. The predicted octanol–water partition coefficient (Wildman–Crippen LogP) is 4.79. The minimum atomic E-state index is -1.29. The first-order valence-electron chi connectivity index (χ1n) is 8.04. The highest BCUT2D eigenvalue weighted by Gasteiger charge is 2.18. The van der Waals surface area contributed by atoms with E-state index in [1.165, 1.54) is 5.56 Å². The number of methoxy groups -OCH3 is 1. The highest BCUT2D eigenvalue weighted by molar-refractivity contribution is 5.33. The van der Waals surface area contributed by atoms with E-state index in [9.17, 15) is 4.39 Å². The van der Waals surface area contributed by atoms with Crippen LogP contribution in [0, 0.1) is 0 Å². The van der Waals surface area contributed by atoms with Crippen molar-refractivity contribution >= 4 is 0 Å². The second-order valence-corrected chi connectivity index (χ2v) is 6.44. The molecule has 0 saturated heterocycles. The average Bonchev–Trinajstić information content (AvgIpc) is 2.54. The predicted molar refractivity (Wildman–Crippen MR) is 93.7 cm³/mol. The van der Waals surface area contributed by atoms with Crippen molar-refractivity contribution in [1.82, 2.24) is 5.32 Å². The zero-order valence-electron chi connectivity index (χ0n) is 14.4. The monoisotopic (exact) mass is 315 g/mol. The van der Waals surface area contributed by atoms with Gasteiger partial charge in [0.1, 0.15) is 11.4 Å². The van der Waals surface area contributed by atoms with E-state index < -0.39 is 5.67 Å². The molecular weight excluding hydrogens is 289 g/mol. The Kier molecular flexibility index (Phi) is 5.78. The molecule has 2 nitrogen and oxygen atoms in total. The lowest BCUT2D eigenvalue weighted by Crippen LogP contribution is -2.20. The summed E-state index contributed by atoms with van der Waals surface area (Å²) in [6.07, 6.45) is 0. The van der Waals surface area contributed by atoms with Crippen molar-refractivity contribution in [3.05, 3.63) is 65.2 Å². The van der Waals surface area contributed by atoms with Crippen molar-refractivity contribution in [3.8, 4) is 5.75 Å². The van der Waals surface area contributed by atoms with Gasteiger partial charge in [0.05, 0.1) is 7.11 Å². The number of halogens is 1. The number of hydrogen-bond acceptors (Lipinski definition) is 2. The van der Waals surface area contributed by atoms with Gasteiger partial charge in [-0.25, -0.2) is 4.39 Å². The maximum atomic E-state index is 13.9. The largest absolute Gasteiger partial charge is 0.496 e. The number of alkyl halides is 1. The molecule has 23 heavy (non-hydrogen) atoms. The van der Waals surface area contributed by atoms with Gasteiger partial charge < -0.3 is 10.1 Å². The fraction of sp³-hybridized carbons (Fsp3) is 0.400. The summed E-state index contributed by atoms with van der Waals surface area (Å²) < 4.78 is 19.2. The van der Waals surface area contributed by atoms with Crippen molar-refractivity contribution in [2.24, 2.45) is 0 Å². The standard InChI is InChI=1S/C20H26FNO/c1-15(16-9-11-18(12-10-16)20(2,3)21)13-22-14-17-7-5-6-8-19(17)23-4/h5-12,15,22H,13-14H2,1-4H3. The highest BCUT2D eigenvalue weighted by atomic mass is 19.1. The Morgan fingerprint density at radius 3 is 2.35 bits per heavy atom. The molecule has 0 saturated carbocycles. The minimum absolute atomic E-state index is 0.362. The molecule has 2 aromatic rings. The molecule has 0 radical (unpaired) electrons. The third-order valence-corrected chi connectivity index (χ3v) is 4.12. The van der Waals surface area contributed by atoms with Gasteiger partial charge in [0.25, 0.3) is 0 Å². The molecule has 1 atom stereocenters. The van der Waals surface area contributed by atoms with E-state index in [1.54, 1.807) is 21.0 Å². The molecule has 124 valence electrons. The Bertz CT molecular complexity index is 616. The number of benzene rings is 2. The first-order chi connectivity index (χ1) is 10.9. The Morgan fingerprint density at radius 1 is 1.09 bits per heavy atom. The molecule has 0 heterocycles. The lowest BCUT2D eigenvalue weighted by molar-refractivity contribution is 0.221. The van der Waals surface area contributed by atoms with E-state index in [4.69, 9.17) is 4.74 Å². The molecule has 2 rings (SSSR count). The lowest BCUT2D eigenvalue weighted by atomic mass is 9.95. The highest BCUT2D eigenvalue weighted by Crippen LogP contribution is 2.26. The lowest BCUT2D eigenvalue weighted by Gasteiger charge is -2.18. The van der Waals surface area contributed by atoms with Crippen LogP contribution in [0.25, 0.3) is 0 Å². The van der Waals surface area contributed by atoms with Gasteiger partial charge in [-0.05, 0) is 37.0 Å². The van der Waals surface area contributed by atoms with Gasteiger partial charge in [-0.3, -0.25) is 0 Å². The van der Waals surface area contributed by atoms with Crippen LogP contribution < -0.4 is 10.1 Å². The van der Waals surface area contributed by atoms with Crippen LogP contribution in [0.4, 0.5) is 4.39 Å². The number of para-hydroxylation sites is 1. The Morgan fingerprint density at radius 2 is 1.74 bits per heavy atom. The zero-order valence-corrected chi connectivity index (χ0v) is 14.4. The first-order valence-corrected chi connectivity index (χ1v) is 8.04. The average molecular weight is 315 g/mol. The fourth-order valence-corrected chi connectivity index (χ4v) is 2.60. The van der Waals surface area contributed by atoms with Crippen molar-refractivity contribution < 1.29 is 9.13 Å². The zero-order chi connectivity index (χ0) is 16.9. The molecule has 3 heteroatoms. The molecule has 0 fully saturated rings. The number of hydrogen-bond donors (Lipinski definition) is 1. The summed E-state index contributed by atoms with van der Waals surface area (Å²) in [6, 6.07) is 15.8. The summed E-state index contributed by atoms with van der Waals surface area (Å²) in [6.45, 7) is 6.96. The van der Waals surface area contributed by atoms with Crippen molar-refractivity contribution in [2.75, 3.05) is 13.7 Å². The van der Waals surface area contributed by atoms with Gasteiger partial charge in [0, 0.05) is 18.7 Å².